The number of nitro benzene ring substituents is 1. The van der Waals surface area contributed by atoms with Crippen LogP contribution in [0, 0.1) is 17.3 Å². The molecule has 228 valence electrons. The number of hydrogen-bond acceptors (Lipinski definition) is 7. The summed E-state index contributed by atoms with van der Waals surface area (Å²) in [6.45, 7) is -0.567. The van der Waals surface area contributed by atoms with E-state index in [9.17, 15) is 20.3 Å². The summed E-state index contributed by atoms with van der Waals surface area (Å²) in [5.41, 5.74) is 7.01. The molecule has 4 aromatic carbocycles. The van der Waals surface area contributed by atoms with E-state index in [0.717, 1.165) is 26.3 Å². The van der Waals surface area contributed by atoms with Crippen LogP contribution in [0.4, 0.5) is 11.4 Å². The monoisotopic (exact) mass is 1210 g/mol. The zero-order chi connectivity index (χ0) is 32.3. The predicted molar refractivity (Wildman–Crippen MR) is 203 cm³/mol. The Morgan fingerprint density at radius 1 is 0.744 bits per heavy atom. The van der Waals surface area contributed by atoms with Gasteiger partial charge in [-0.25, -0.2) is 0 Å². The van der Waals surface area contributed by atoms with E-state index in [1.165, 1.54) is 12.1 Å². The third-order valence-electron chi connectivity index (χ3n) is 5.06. The molecule has 0 bridgehead atoms. The Hall–Kier alpha value is 0.359. The van der Waals surface area contributed by atoms with Gasteiger partial charge >= 0.3 is 42.4 Å². The Labute approximate surface area is 326 Å². The molecule has 0 atom stereocenters. The van der Waals surface area contributed by atoms with Crippen molar-refractivity contribution in [3.05, 3.63) is 107 Å². The predicted octanol–water partition coefficient (Wildman–Crippen LogP) is 10.7. The van der Waals surface area contributed by atoms with Gasteiger partial charge in [0.1, 0.15) is 11.5 Å². The fourth-order valence-electron chi connectivity index (χ4n) is 3.25. The Balaban J connectivity index is 0.000000276. The molecule has 4 rings (SSSR count). The zero-order valence-electron chi connectivity index (χ0n) is 21.3. The molecule has 0 heterocycles. The van der Waals surface area contributed by atoms with Gasteiger partial charge in [0.15, 0.2) is 5.75 Å². The average Bonchev–Trinajstić information content (AvgIpc) is 2.93. The molecule has 0 aliphatic carbocycles. The molecule has 4 aromatic rings. The molecule has 4 N–H and O–H groups in total. The number of hydrogen-bond donors (Lipinski definition) is 3. The zero-order valence-corrected chi connectivity index (χ0v) is 36.3. The number of halogens is 8. The molecule has 0 unspecified atom stereocenters. The van der Waals surface area contributed by atoms with Crippen molar-refractivity contribution in [2.24, 2.45) is 0 Å². The number of anilines is 1. The molecule has 0 amide bonds. The van der Waals surface area contributed by atoms with Crippen LogP contribution in [-0.4, -0.2) is 34.0 Å². The Kier molecular flexibility index (Phi) is 18.3. The van der Waals surface area contributed by atoms with Gasteiger partial charge in [-0.1, -0.05) is 63.7 Å². The second kappa shape index (κ2) is 19.9. The topological polar surface area (TPSA) is 128 Å². The van der Waals surface area contributed by atoms with Crippen LogP contribution in [0.3, 0.4) is 0 Å². The summed E-state index contributed by atoms with van der Waals surface area (Å²) < 4.78 is 16.6. The molecule has 0 saturated heterocycles. The summed E-state index contributed by atoms with van der Waals surface area (Å²) in [5.74, 6) is 1.83. The number of nitrogens with two attached hydrogens (primary N) is 1. The van der Waals surface area contributed by atoms with Gasteiger partial charge in [-0.2, -0.15) is 0 Å². The van der Waals surface area contributed by atoms with Crippen LogP contribution >= 0.6 is 127 Å². The average molecular weight is 1220 g/mol. The van der Waals surface area contributed by atoms with Crippen LogP contribution < -0.4 is 15.2 Å². The molecule has 0 fully saturated rings. The number of aliphatic hydroxyl groups is 2. The molecule has 0 aliphatic heterocycles. The van der Waals surface area contributed by atoms with Crippen LogP contribution in [-0.2, 0) is 13.2 Å². The minimum absolute atomic E-state index is 0.0821. The summed E-state index contributed by atoms with van der Waals surface area (Å²) in [7, 11) is 9.87. The van der Waals surface area contributed by atoms with Gasteiger partial charge in [0.25, 0.3) is 0 Å². The molecular formula is C26H18Br4Cl2I2N2O6Sn. The number of ether oxygens (including phenoxy) is 2. The minimum atomic E-state index is -0.826. The third-order valence-corrected chi connectivity index (χ3v) is 8.65. The number of nitro groups is 1. The molecule has 43 heavy (non-hydrogen) atoms. The first-order valence-corrected chi connectivity index (χ1v) is 23.9. The van der Waals surface area contributed by atoms with Crippen LogP contribution in [0.1, 0.15) is 11.1 Å². The van der Waals surface area contributed by atoms with Gasteiger partial charge in [0.05, 0.1) is 36.5 Å². The number of nitrogen functional groups attached to an aromatic ring is 1. The van der Waals surface area contributed by atoms with Crippen molar-refractivity contribution in [2.75, 3.05) is 5.73 Å². The normalized spacial score (nSPS) is 10.2. The van der Waals surface area contributed by atoms with Crippen LogP contribution in [0.25, 0.3) is 0 Å². The molecule has 0 saturated carbocycles. The van der Waals surface area contributed by atoms with Gasteiger partial charge in [0.2, 0.25) is 5.75 Å². The van der Waals surface area contributed by atoms with Gasteiger partial charge < -0.3 is 25.4 Å². The molecule has 0 aliphatic rings. The summed E-state index contributed by atoms with van der Waals surface area (Å²) in [6.07, 6.45) is 0. The van der Waals surface area contributed by atoms with E-state index in [0.29, 0.717) is 27.2 Å². The fraction of sp³-hybridized carbons (Fsp3) is 0.0769. The van der Waals surface area contributed by atoms with Crippen LogP contribution in [0.15, 0.2) is 78.6 Å². The van der Waals surface area contributed by atoms with Crippen molar-refractivity contribution in [2.45, 2.75) is 13.2 Å². The quantitative estimate of drug-likeness (QED) is 0.0553. The third kappa shape index (κ3) is 12.5. The van der Waals surface area contributed by atoms with Crippen LogP contribution in [0.5, 0.6) is 23.0 Å². The Morgan fingerprint density at radius 2 is 1.16 bits per heavy atom. The van der Waals surface area contributed by atoms with E-state index in [-0.39, 0.29) is 23.6 Å². The number of benzene rings is 4. The number of aliphatic hydroxyl groups excluding tert-OH is 2. The van der Waals surface area contributed by atoms with Crippen molar-refractivity contribution in [1.29, 1.82) is 0 Å². The fourth-order valence-corrected chi connectivity index (χ4v) is 7.05. The Bertz CT molecular complexity index is 1590. The van der Waals surface area contributed by atoms with Crippen molar-refractivity contribution in [3.63, 3.8) is 0 Å². The Morgan fingerprint density at radius 3 is 1.58 bits per heavy atom. The van der Waals surface area contributed by atoms with Gasteiger partial charge in [-0.15, -0.1) is 0 Å². The standard InChI is InChI=1S/C13H8Br2INO4.C13H10Br2INO2.2ClH.Sn/c14-8-1-2-11(10(16)4-8)21-12-5-9(15)3-7(6-18)13(12)17(19)20;14-8-1-2-11(10(16)4-8)19-12-5-9(15)3-7(6-18)13(12)17;;;/h1-5,18H,6H2;1-5,18H,6,17H2;2*1H;/q;;;;+2/p-2. The molecule has 0 aromatic heterocycles. The van der Waals surface area contributed by atoms with Gasteiger partial charge in [0, 0.05) is 29.5 Å². The van der Waals surface area contributed by atoms with Crippen molar-refractivity contribution >= 4 is 157 Å². The summed E-state index contributed by atoms with van der Waals surface area (Å²) >= 11 is 16.8. The molecule has 17 heteroatoms. The van der Waals surface area contributed by atoms with Crippen molar-refractivity contribution < 1.29 is 24.6 Å². The maximum absolute atomic E-state index is 11.2. The molecule has 0 spiro atoms. The van der Waals surface area contributed by atoms with E-state index in [2.05, 4.69) is 109 Å². The summed E-state index contributed by atoms with van der Waals surface area (Å²) in [6, 6.07) is 17.6. The molecule has 8 nitrogen and oxygen atoms in total. The van der Waals surface area contributed by atoms with Crippen molar-refractivity contribution in [3.8, 4) is 23.0 Å². The maximum atomic E-state index is 11.2. The van der Waals surface area contributed by atoms with E-state index < -0.39 is 30.4 Å². The first-order chi connectivity index (χ1) is 20.3. The van der Waals surface area contributed by atoms with Crippen LogP contribution in [0.2, 0.25) is 0 Å². The SMILES string of the molecule is Nc1c(CO)cc(Br)cc1Oc1ccc(Br)cc1I.O=[N+]([O-])c1c(CO)cc(Br)cc1Oc1ccc(Br)cc1I.[Cl][Sn][Cl]. The number of nitrogens with zero attached hydrogens (tertiary/aromatic N) is 1. The van der Waals surface area contributed by atoms with E-state index >= 15 is 0 Å². The summed E-state index contributed by atoms with van der Waals surface area (Å²) in [4.78, 5) is 10.7. The van der Waals surface area contributed by atoms with Gasteiger partial charge in [-0.05, 0) is 99.8 Å². The van der Waals surface area contributed by atoms with Crippen molar-refractivity contribution in [1.82, 2.24) is 0 Å². The first-order valence-electron chi connectivity index (χ1n) is 11.3. The van der Waals surface area contributed by atoms with Gasteiger partial charge in [-0.3, -0.25) is 10.1 Å². The van der Waals surface area contributed by atoms with E-state index in [4.69, 9.17) is 33.0 Å². The molecule has 2 radical (unpaired) electrons. The first kappa shape index (κ1) is 39.5. The summed E-state index contributed by atoms with van der Waals surface area (Å²) in [5, 5.41) is 29.8. The van der Waals surface area contributed by atoms with E-state index in [1.54, 1.807) is 24.3 Å². The number of rotatable bonds is 7. The molecular weight excluding hydrogens is 1200 g/mol. The second-order valence-electron chi connectivity index (χ2n) is 7.89. The second-order valence-corrected chi connectivity index (χ2v) is 18.1. The van der Waals surface area contributed by atoms with E-state index in [1.807, 2.05) is 24.3 Å².